The van der Waals surface area contributed by atoms with E-state index in [0.29, 0.717) is 21.8 Å². The van der Waals surface area contributed by atoms with Crippen LogP contribution in [0.3, 0.4) is 0 Å². The second kappa shape index (κ2) is 6.76. The summed E-state index contributed by atoms with van der Waals surface area (Å²) in [6.07, 6.45) is 1.46. The van der Waals surface area contributed by atoms with Crippen molar-refractivity contribution in [3.05, 3.63) is 64.7 Å². The maximum absolute atomic E-state index is 13.7. The van der Waals surface area contributed by atoms with Crippen molar-refractivity contribution in [2.45, 2.75) is 13.5 Å². The van der Waals surface area contributed by atoms with Crippen LogP contribution in [0.4, 0.5) is 4.39 Å². The van der Waals surface area contributed by atoms with Crippen molar-refractivity contribution < 1.29 is 18.7 Å². The molecule has 0 fully saturated rings. The van der Waals surface area contributed by atoms with Gasteiger partial charge in [-0.1, -0.05) is 12.1 Å². The van der Waals surface area contributed by atoms with Gasteiger partial charge in [0.1, 0.15) is 23.1 Å². The highest BCUT2D eigenvalue weighted by molar-refractivity contribution is 7.13. The molecule has 0 unspecified atom stereocenters. The number of Topliss-reactive ketones (excluding diaryl/α,β-unsaturated/α-hetero) is 1. The molecule has 24 heavy (non-hydrogen) atoms. The molecule has 5 nitrogen and oxygen atoms in total. The Hall–Kier alpha value is -2.80. The van der Waals surface area contributed by atoms with Crippen LogP contribution in [0.5, 0.6) is 0 Å². The summed E-state index contributed by atoms with van der Waals surface area (Å²) in [7, 11) is 0. The number of rotatable bonds is 5. The molecule has 0 aliphatic rings. The summed E-state index contributed by atoms with van der Waals surface area (Å²) in [6.45, 7) is 1.38. The van der Waals surface area contributed by atoms with E-state index in [-0.39, 0.29) is 23.9 Å². The molecule has 0 bridgehead atoms. The van der Waals surface area contributed by atoms with E-state index in [2.05, 4.69) is 9.97 Å². The van der Waals surface area contributed by atoms with E-state index in [9.17, 15) is 14.0 Å². The van der Waals surface area contributed by atoms with Crippen molar-refractivity contribution in [3.63, 3.8) is 0 Å². The van der Waals surface area contributed by atoms with Gasteiger partial charge in [-0.25, -0.2) is 14.2 Å². The van der Waals surface area contributed by atoms with E-state index >= 15 is 0 Å². The van der Waals surface area contributed by atoms with Crippen molar-refractivity contribution in [2.75, 3.05) is 0 Å². The Morgan fingerprint density at radius 2 is 2.12 bits per heavy atom. The molecule has 0 amide bonds. The summed E-state index contributed by atoms with van der Waals surface area (Å²) in [5, 5.41) is 2.24. The molecule has 3 rings (SSSR count). The zero-order valence-corrected chi connectivity index (χ0v) is 13.5. The maximum Gasteiger partial charge on any atom is 0.355 e. The minimum absolute atomic E-state index is 0.0296. The van der Waals surface area contributed by atoms with E-state index in [1.54, 1.807) is 23.6 Å². The molecule has 0 saturated heterocycles. The van der Waals surface area contributed by atoms with E-state index in [1.807, 2.05) is 0 Å². The van der Waals surface area contributed by atoms with Crippen LogP contribution < -0.4 is 0 Å². The fraction of sp³-hybridized carbons (Fsp3) is 0.118. The van der Waals surface area contributed by atoms with Crippen LogP contribution >= 0.6 is 11.3 Å². The Balaban J connectivity index is 1.66. The smallest absolute Gasteiger partial charge is 0.355 e. The van der Waals surface area contributed by atoms with Crippen LogP contribution in [0.15, 0.2) is 41.9 Å². The van der Waals surface area contributed by atoms with Crippen molar-refractivity contribution >= 4 is 23.1 Å². The van der Waals surface area contributed by atoms with Gasteiger partial charge in [0, 0.05) is 22.7 Å². The molecule has 1 aromatic carbocycles. The summed E-state index contributed by atoms with van der Waals surface area (Å²) in [5.41, 5.74) is 1.56. The lowest BCUT2D eigenvalue weighted by Crippen LogP contribution is -2.05. The Bertz CT molecular complexity index is 901. The van der Waals surface area contributed by atoms with Crippen molar-refractivity contribution in [1.29, 1.82) is 0 Å². The number of esters is 1. The molecule has 3 aromatic rings. The van der Waals surface area contributed by atoms with Gasteiger partial charge < -0.3 is 9.72 Å². The molecule has 1 N–H and O–H groups in total. The lowest BCUT2D eigenvalue weighted by Gasteiger charge is -2.01. The van der Waals surface area contributed by atoms with Gasteiger partial charge >= 0.3 is 5.97 Å². The number of ketones is 1. The zero-order chi connectivity index (χ0) is 17.1. The molecule has 2 heterocycles. The Labute approximate surface area is 141 Å². The number of aromatic nitrogens is 2. The number of aromatic amines is 1. The largest absolute Gasteiger partial charge is 0.454 e. The third-order valence-electron chi connectivity index (χ3n) is 3.32. The number of halogens is 1. The Morgan fingerprint density at radius 1 is 1.33 bits per heavy atom. The molecule has 0 atom stereocenters. The minimum Gasteiger partial charge on any atom is -0.454 e. The van der Waals surface area contributed by atoms with Crippen molar-refractivity contribution in [2.24, 2.45) is 0 Å². The number of thiazole rings is 1. The standard InChI is InChI=1S/C17H13FN2O3S/c1-10(21)11-6-15(19-7-11)17(22)23-8-12-9-24-16(20-12)13-4-2-3-5-14(13)18/h2-7,9,19H,8H2,1H3. The highest BCUT2D eigenvalue weighted by atomic mass is 32.1. The number of ether oxygens (including phenoxy) is 1. The maximum atomic E-state index is 13.7. The Kier molecular flexibility index (Phi) is 4.52. The minimum atomic E-state index is -0.581. The van der Waals surface area contributed by atoms with Crippen LogP contribution in [0.1, 0.15) is 33.5 Å². The number of benzene rings is 1. The molecule has 0 radical (unpaired) electrons. The number of hydrogen-bond acceptors (Lipinski definition) is 5. The van der Waals surface area contributed by atoms with Crippen LogP contribution in [0.2, 0.25) is 0 Å². The molecule has 2 aromatic heterocycles. The predicted octanol–water partition coefficient (Wildman–Crippen LogP) is 3.84. The molecule has 7 heteroatoms. The number of carbonyl (C=O) groups is 2. The van der Waals surface area contributed by atoms with Crippen LogP contribution in [-0.2, 0) is 11.3 Å². The number of carbonyl (C=O) groups excluding carboxylic acids is 2. The quantitative estimate of drug-likeness (QED) is 0.564. The van der Waals surface area contributed by atoms with Crippen LogP contribution in [0, 0.1) is 5.82 Å². The first-order valence-electron chi connectivity index (χ1n) is 7.10. The molecule has 0 aliphatic carbocycles. The highest BCUT2D eigenvalue weighted by Gasteiger charge is 2.14. The second-order valence-corrected chi connectivity index (χ2v) is 5.92. The first kappa shape index (κ1) is 16.1. The third-order valence-corrected chi connectivity index (χ3v) is 4.24. The van der Waals surface area contributed by atoms with Crippen LogP contribution in [0.25, 0.3) is 10.6 Å². The Morgan fingerprint density at radius 3 is 2.83 bits per heavy atom. The average Bonchev–Trinajstić information content (AvgIpc) is 3.22. The summed E-state index contributed by atoms with van der Waals surface area (Å²) >= 11 is 1.28. The van der Waals surface area contributed by atoms with E-state index in [1.165, 1.54) is 36.6 Å². The number of nitrogens with zero attached hydrogens (tertiary/aromatic N) is 1. The molecule has 0 saturated carbocycles. The average molecular weight is 344 g/mol. The third kappa shape index (κ3) is 3.41. The first-order chi connectivity index (χ1) is 11.5. The van der Waals surface area contributed by atoms with Gasteiger partial charge in [0.15, 0.2) is 5.78 Å². The van der Waals surface area contributed by atoms with Gasteiger partial charge in [0.2, 0.25) is 0 Å². The van der Waals surface area contributed by atoms with Gasteiger partial charge in [0.25, 0.3) is 0 Å². The fourth-order valence-corrected chi connectivity index (χ4v) is 2.90. The van der Waals surface area contributed by atoms with Gasteiger partial charge in [0.05, 0.1) is 5.69 Å². The fourth-order valence-electron chi connectivity index (χ4n) is 2.06. The number of nitrogens with one attached hydrogen (secondary N) is 1. The molecule has 122 valence electrons. The normalized spacial score (nSPS) is 10.6. The lowest BCUT2D eigenvalue weighted by molar-refractivity contribution is 0.0462. The van der Waals surface area contributed by atoms with Gasteiger partial charge in [-0.15, -0.1) is 11.3 Å². The van der Waals surface area contributed by atoms with E-state index in [0.717, 1.165) is 0 Å². The van der Waals surface area contributed by atoms with E-state index in [4.69, 9.17) is 4.74 Å². The summed E-state index contributed by atoms with van der Waals surface area (Å²) < 4.78 is 18.9. The monoisotopic (exact) mass is 344 g/mol. The van der Waals surface area contributed by atoms with E-state index < -0.39 is 5.97 Å². The SMILES string of the molecule is CC(=O)c1c[nH]c(C(=O)OCc2csc(-c3ccccc3F)n2)c1. The van der Waals surface area contributed by atoms with Crippen molar-refractivity contribution in [3.8, 4) is 10.6 Å². The summed E-state index contributed by atoms with van der Waals surface area (Å²) in [5.74, 6) is -1.07. The number of hydrogen-bond donors (Lipinski definition) is 1. The molecular formula is C17H13FN2O3S. The van der Waals surface area contributed by atoms with Crippen molar-refractivity contribution in [1.82, 2.24) is 9.97 Å². The second-order valence-electron chi connectivity index (χ2n) is 5.06. The predicted molar refractivity (Wildman–Crippen MR) is 87.4 cm³/mol. The number of H-pyrrole nitrogens is 1. The van der Waals surface area contributed by atoms with Gasteiger partial charge in [-0.3, -0.25) is 4.79 Å². The van der Waals surface area contributed by atoms with Crippen LogP contribution in [-0.4, -0.2) is 21.7 Å². The topological polar surface area (TPSA) is 72.0 Å². The first-order valence-corrected chi connectivity index (χ1v) is 7.98. The molecule has 0 spiro atoms. The zero-order valence-electron chi connectivity index (χ0n) is 12.7. The highest BCUT2D eigenvalue weighted by Crippen LogP contribution is 2.26. The molecular weight excluding hydrogens is 331 g/mol. The lowest BCUT2D eigenvalue weighted by atomic mass is 10.2. The van der Waals surface area contributed by atoms with Gasteiger partial charge in [-0.05, 0) is 25.1 Å². The molecule has 0 aliphatic heterocycles. The van der Waals surface area contributed by atoms with Gasteiger partial charge in [-0.2, -0.15) is 0 Å². The summed E-state index contributed by atoms with van der Waals surface area (Å²) in [6, 6.07) is 7.80. The summed E-state index contributed by atoms with van der Waals surface area (Å²) in [4.78, 5) is 30.1.